The molecule has 7 heteroatoms. The van der Waals surface area contributed by atoms with E-state index in [0.29, 0.717) is 23.4 Å². The smallest absolute Gasteiger partial charge is 0.211 e. The maximum absolute atomic E-state index is 13.8. The largest absolute Gasteiger partial charge is 0.287 e. The molecule has 0 spiro atoms. The van der Waals surface area contributed by atoms with E-state index in [4.69, 9.17) is 10.2 Å². The average molecular weight is 511 g/mol. The zero-order valence-electron chi connectivity index (χ0n) is 21.8. The first-order chi connectivity index (χ1) is 18.3. The number of hydrogen-bond acceptors (Lipinski definition) is 3. The van der Waals surface area contributed by atoms with Gasteiger partial charge in [-0.3, -0.25) is 4.79 Å². The van der Waals surface area contributed by atoms with E-state index < -0.39 is 5.82 Å². The second-order valence-corrected chi connectivity index (χ2v) is 9.21. The molecule has 0 N–H and O–H groups in total. The Morgan fingerprint density at radius 1 is 0.842 bits per heavy atom. The Morgan fingerprint density at radius 2 is 1.45 bits per heavy atom. The third-order valence-electron chi connectivity index (χ3n) is 6.79. The molecule has 0 aliphatic carbocycles. The molecule has 0 fully saturated rings. The topological polar surface area (TPSA) is 51.7 Å². The van der Waals surface area contributed by atoms with E-state index >= 15 is 0 Å². The van der Waals surface area contributed by atoms with Gasteiger partial charge in [-0.1, -0.05) is 26.0 Å². The Hall–Kier alpha value is -4.39. The Bertz CT molecular complexity index is 1680. The van der Waals surface area contributed by atoms with E-state index in [1.807, 2.05) is 43.5 Å². The molecule has 2 aromatic carbocycles. The monoisotopic (exact) mass is 510 g/mol. The van der Waals surface area contributed by atoms with Crippen molar-refractivity contribution in [3.63, 3.8) is 0 Å². The molecule has 0 amide bonds. The van der Waals surface area contributed by atoms with Gasteiger partial charge in [0.2, 0.25) is 5.78 Å². The van der Waals surface area contributed by atoms with E-state index in [1.54, 1.807) is 22.9 Å². The van der Waals surface area contributed by atoms with Crippen molar-refractivity contribution in [2.45, 2.75) is 40.5 Å². The van der Waals surface area contributed by atoms with Crippen LogP contribution in [-0.4, -0.2) is 25.8 Å². The van der Waals surface area contributed by atoms with Crippen molar-refractivity contribution in [1.82, 2.24) is 14.3 Å². The minimum atomic E-state index is -0.400. The van der Waals surface area contributed by atoms with Crippen LogP contribution in [-0.2, 0) is 12.8 Å². The number of nitrogens with zero attached hydrogens (tertiary/aromatic N) is 4. The van der Waals surface area contributed by atoms with Gasteiger partial charge in [0.15, 0.2) is 0 Å². The lowest BCUT2D eigenvalue weighted by Crippen LogP contribution is -2.14. The van der Waals surface area contributed by atoms with Crippen molar-refractivity contribution in [2.24, 2.45) is 5.10 Å². The normalized spacial score (nSPS) is 11.9. The van der Waals surface area contributed by atoms with Gasteiger partial charge in [0.05, 0.1) is 16.9 Å². The minimum absolute atomic E-state index is 0.246. The predicted molar refractivity (Wildman–Crippen MR) is 146 cm³/mol. The fourth-order valence-corrected chi connectivity index (χ4v) is 4.88. The third-order valence-corrected chi connectivity index (χ3v) is 6.79. The lowest BCUT2D eigenvalue weighted by molar-refractivity contribution is 0.103. The Kier molecular flexibility index (Phi) is 6.76. The first-order valence-electron chi connectivity index (χ1n) is 12.7. The summed E-state index contributed by atoms with van der Waals surface area (Å²) >= 11 is 0. The molecular formula is C31H28F2N4O. The van der Waals surface area contributed by atoms with E-state index in [9.17, 15) is 13.6 Å². The fourth-order valence-electron chi connectivity index (χ4n) is 4.88. The molecule has 0 radical (unpaired) electrons. The quantitative estimate of drug-likeness (QED) is 0.175. The number of halogens is 2. The molecule has 0 unspecified atom stereocenters. The van der Waals surface area contributed by atoms with Crippen LogP contribution >= 0.6 is 0 Å². The van der Waals surface area contributed by atoms with Gasteiger partial charge in [0.1, 0.15) is 17.3 Å². The first-order valence-corrected chi connectivity index (χ1v) is 12.7. The van der Waals surface area contributed by atoms with Crippen LogP contribution in [0.3, 0.4) is 0 Å². The van der Waals surface area contributed by atoms with Crippen LogP contribution in [0.5, 0.6) is 0 Å². The number of benzene rings is 2. The standard InChI is InChI=1S/C31H28F2N4O/c1-5-25-15-17-27-30(21-7-11-23(32)12-8-21)29(19(3)34-36(25)27)20(4)35-37-26(6-2)16-18-28(37)31(38)22-9-13-24(33)14-10-22/h7-18H,5-6H2,1-4H3. The summed E-state index contributed by atoms with van der Waals surface area (Å²) in [4.78, 5) is 13.4. The summed E-state index contributed by atoms with van der Waals surface area (Å²) in [6.07, 6.45) is 1.47. The predicted octanol–water partition coefficient (Wildman–Crippen LogP) is 7.02. The lowest BCUT2D eigenvalue weighted by atomic mass is 9.96. The SMILES string of the molecule is CCc1ccc(C(=O)c2ccc(F)cc2)n1N=C(C)c1c(C)nn2c(CC)ccc2c1-c1ccc(F)cc1. The highest BCUT2D eigenvalue weighted by atomic mass is 19.1. The fraction of sp³-hybridized carbons (Fsp3) is 0.194. The van der Waals surface area contributed by atoms with Crippen molar-refractivity contribution in [3.8, 4) is 11.1 Å². The first kappa shape index (κ1) is 25.3. The van der Waals surface area contributed by atoms with Crippen molar-refractivity contribution >= 4 is 17.0 Å². The molecule has 5 aromatic rings. The number of ketones is 1. The summed E-state index contributed by atoms with van der Waals surface area (Å²) in [6.45, 7) is 7.90. The van der Waals surface area contributed by atoms with Crippen LogP contribution in [0.25, 0.3) is 16.6 Å². The number of rotatable bonds is 7. The van der Waals surface area contributed by atoms with Gasteiger partial charge in [-0.05, 0) is 92.9 Å². The molecule has 3 aromatic heterocycles. The van der Waals surface area contributed by atoms with Crippen LogP contribution in [0.1, 0.15) is 59.5 Å². The second-order valence-electron chi connectivity index (χ2n) is 9.21. The van der Waals surface area contributed by atoms with E-state index in [0.717, 1.165) is 45.7 Å². The minimum Gasteiger partial charge on any atom is -0.287 e. The van der Waals surface area contributed by atoms with Gasteiger partial charge >= 0.3 is 0 Å². The highest BCUT2D eigenvalue weighted by Gasteiger charge is 2.21. The van der Waals surface area contributed by atoms with Crippen molar-refractivity contribution in [3.05, 3.63) is 118 Å². The molecule has 0 bridgehead atoms. The summed E-state index contributed by atoms with van der Waals surface area (Å²) in [5.74, 6) is -0.955. The zero-order chi connectivity index (χ0) is 27.0. The molecule has 0 saturated carbocycles. The van der Waals surface area contributed by atoms with Crippen molar-refractivity contribution in [1.29, 1.82) is 0 Å². The molecule has 5 nitrogen and oxygen atoms in total. The third kappa shape index (κ3) is 4.45. The number of fused-ring (bicyclic) bond motifs is 1. The number of aromatic nitrogens is 3. The summed E-state index contributed by atoms with van der Waals surface area (Å²) in [5, 5.41) is 9.80. The highest BCUT2D eigenvalue weighted by molar-refractivity contribution is 6.10. The van der Waals surface area contributed by atoms with Crippen LogP contribution in [0.4, 0.5) is 8.78 Å². The number of carbonyl (C=O) groups excluding carboxylic acids is 1. The van der Waals surface area contributed by atoms with Crippen LogP contribution in [0.2, 0.25) is 0 Å². The molecule has 0 atom stereocenters. The average Bonchev–Trinajstić information content (AvgIpc) is 3.51. The molecule has 38 heavy (non-hydrogen) atoms. The van der Waals surface area contributed by atoms with E-state index in [-0.39, 0.29) is 11.6 Å². The maximum Gasteiger partial charge on any atom is 0.211 e. The second kappa shape index (κ2) is 10.2. The van der Waals surface area contributed by atoms with Crippen molar-refractivity contribution in [2.75, 3.05) is 0 Å². The van der Waals surface area contributed by atoms with Gasteiger partial charge in [0, 0.05) is 28.1 Å². The maximum atomic E-state index is 13.8. The Labute approximate surface area is 220 Å². The summed E-state index contributed by atoms with van der Waals surface area (Å²) < 4.78 is 30.9. The van der Waals surface area contributed by atoms with Gasteiger partial charge in [0.25, 0.3) is 0 Å². The number of carbonyl (C=O) groups is 1. The van der Waals surface area contributed by atoms with Crippen LogP contribution in [0.15, 0.2) is 77.9 Å². The Morgan fingerprint density at radius 3 is 2.08 bits per heavy atom. The van der Waals surface area contributed by atoms with Gasteiger partial charge in [-0.2, -0.15) is 10.2 Å². The molecular weight excluding hydrogens is 482 g/mol. The molecule has 3 heterocycles. The summed E-state index contributed by atoms with van der Waals surface area (Å²) in [5.41, 5.74) is 7.59. The van der Waals surface area contributed by atoms with Gasteiger partial charge in [-0.25, -0.2) is 18.0 Å². The highest BCUT2D eigenvalue weighted by Crippen LogP contribution is 2.32. The number of aryl methyl sites for hydroxylation is 3. The molecule has 0 saturated heterocycles. The van der Waals surface area contributed by atoms with E-state index in [2.05, 4.69) is 6.92 Å². The molecule has 192 valence electrons. The number of hydrogen-bond donors (Lipinski definition) is 0. The van der Waals surface area contributed by atoms with E-state index in [1.165, 1.54) is 36.4 Å². The van der Waals surface area contributed by atoms with Gasteiger partial charge < -0.3 is 0 Å². The Balaban J connectivity index is 1.72. The summed E-state index contributed by atoms with van der Waals surface area (Å²) in [6, 6.07) is 19.6. The van der Waals surface area contributed by atoms with Crippen LogP contribution in [0, 0.1) is 18.6 Å². The van der Waals surface area contributed by atoms with Crippen molar-refractivity contribution < 1.29 is 13.6 Å². The molecule has 5 rings (SSSR count). The van der Waals surface area contributed by atoms with Crippen LogP contribution < -0.4 is 0 Å². The lowest BCUT2D eigenvalue weighted by Gasteiger charge is -2.17. The summed E-state index contributed by atoms with van der Waals surface area (Å²) in [7, 11) is 0. The molecule has 0 aliphatic heterocycles. The van der Waals surface area contributed by atoms with Gasteiger partial charge in [-0.15, -0.1) is 0 Å². The zero-order valence-corrected chi connectivity index (χ0v) is 21.8. The molecule has 0 aliphatic rings.